The van der Waals surface area contributed by atoms with Gasteiger partial charge in [-0.1, -0.05) is 72.8 Å². The molecule has 0 bridgehead atoms. The van der Waals surface area contributed by atoms with E-state index in [4.69, 9.17) is 9.41 Å². The highest BCUT2D eigenvalue weighted by molar-refractivity contribution is 6.20. The highest BCUT2D eigenvalue weighted by atomic mass is 16.3. The van der Waals surface area contributed by atoms with Gasteiger partial charge in [0.05, 0.1) is 17.3 Å². The first-order chi connectivity index (χ1) is 18.1. The Bertz CT molecular complexity index is 1840. The van der Waals surface area contributed by atoms with Crippen molar-refractivity contribution >= 4 is 33.5 Å². The number of benzene rings is 4. The Balaban J connectivity index is 1.45. The van der Waals surface area contributed by atoms with E-state index >= 15 is 0 Å². The Hall–Kier alpha value is -4.50. The van der Waals surface area contributed by atoms with Gasteiger partial charge in [0.2, 0.25) is 5.71 Å². The van der Waals surface area contributed by atoms with Gasteiger partial charge in [-0.15, -0.1) is 0 Å². The Labute approximate surface area is 216 Å². The molecule has 7 rings (SSSR count). The van der Waals surface area contributed by atoms with E-state index in [1.54, 1.807) is 0 Å². The van der Waals surface area contributed by atoms with E-state index < -0.39 is 0 Å². The van der Waals surface area contributed by atoms with Crippen LogP contribution in [0.2, 0.25) is 0 Å². The number of fused-ring (bicyclic) bond motifs is 4. The molecule has 3 heterocycles. The molecule has 0 radical (unpaired) electrons. The van der Waals surface area contributed by atoms with Gasteiger partial charge in [-0.2, -0.15) is 0 Å². The summed E-state index contributed by atoms with van der Waals surface area (Å²) in [5, 5.41) is 2.11. The largest absolute Gasteiger partial charge is 0.437 e. The number of nitrogens with zero attached hydrogens (tertiary/aromatic N) is 2. The number of para-hydroxylation sites is 2. The van der Waals surface area contributed by atoms with Gasteiger partial charge in [0.25, 0.3) is 0 Å². The number of hydrogen-bond acceptors (Lipinski definition) is 3. The fourth-order valence-corrected chi connectivity index (χ4v) is 5.88. The Morgan fingerprint density at radius 3 is 2.24 bits per heavy atom. The van der Waals surface area contributed by atoms with Crippen molar-refractivity contribution in [3.05, 3.63) is 131 Å². The molecule has 2 aromatic heterocycles. The second-order valence-electron chi connectivity index (χ2n) is 9.97. The summed E-state index contributed by atoms with van der Waals surface area (Å²) >= 11 is 0. The molecule has 3 nitrogen and oxygen atoms in total. The summed E-state index contributed by atoms with van der Waals surface area (Å²) in [5.41, 5.74) is 13.1. The third kappa shape index (κ3) is 3.42. The van der Waals surface area contributed by atoms with E-state index in [1.807, 2.05) is 13.0 Å². The molecule has 1 unspecified atom stereocenters. The molecule has 0 saturated carbocycles. The Morgan fingerprint density at radius 1 is 0.676 bits per heavy atom. The summed E-state index contributed by atoms with van der Waals surface area (Å²) in [4.78, 5) is 9.87. The van der Waals surface area contributed by atoms with Gasteiger partial charge in [-0.3, -0.25) is 4.99 Å². The number of hydrogen-bond donors (Lipinski definition) is 0. The molecule has 0 aliphatic carbocycles. The molecule has 37 heavy (non-hydrogen) atoms. The molecular weight excluding hydrogens is 452 g/mol. The van der Waals surface area contributed by atoms with E-state index in [0.717, 1.165) is 39.0 Å². The number of pyridine rings is 1. The molecule has 0 amide bonds. The third-order valence-corrected chi connectivity index (χ3v) is 7.53. The van der Waals surface area contributed by atoms with E-state index in [0.29, 0.717) is 5.71 Å². The SMILES string of the molecule is Cc1ccc2c(n1)oc1c(C3=Nc4ccccc4C3c3c(C)cc(-c4ccccc4)cc3C)cccc12. The zero-order chi connectivity index (χ0) is 25.1. The number of aliphatic imine (C=N–C) groups is 1. The van der Waals surface area contributed by atoms with E-state index in [9.17, 15) is 0 Å². The van der Waals surface area contributed by atoms with Crippen molar-refractivity contribution in [2.24, 2.45) is 4.99 Å². The number of aromatic nitrogens is 1. The number of furan rings is 1. The molecule has 0 saturated heterocycles. The van der Waals surface area contributed by atoms with E-state index in [-0.39, 0.29) is 5.92 Å². The molecule has 1 aliphatic rings. The maximum absolute atomic E-state index is 6.41. The number of aryl methyl sites for hydroxylation is 3. The van der Waals surface area contributed by atoms with Crippen LogP contribution in [-0.4, -0.2) is 10.7 Å². The van der Waals surface area contributed by atoms with Crippen LogP contribution in [0.25, 0.3) is 33.2 Å². The van der Waals surface area contributed by atoms with Crippen molar-refractivity contribution in [1.29, 1.82) is 0 Å². The zero-order valence-electron chi connectivity index (χ0n) is 21.1. The molecule has 0 N–H and O–H groups in total. The van der Waals surface area contributed by atoms with Crippen LogP contribution in [-0.2, 0) is 0 Å². The standard InChI is InChI=1S/C34H26N2O/c1-20-18-24(23-10-5-4-6-11-23)19-21(2)30(20)31-27-12-7-8-15-29(27)36-32(31)28-14-9-13-25-26-17-16-22(3)35-34(26)37-33(25)28/h4-19,31H,1-3H3. The second-order valence-corrected chi connectivity index (χ2v) is 9.97. The first-order valence-electron chi connectivity index (χ1n) is 12.7. The van der Waals surface area contributed by atoms with Crippen molar-refractivity contribution in [2.75, 3.05) is 0 Å². The molecular formula is C34H26N2O. The van der Waals surface area contributed by atoms with Crippen molar-refractivity contribution in [1.82, 2.24) is 4.98 Å². The summed E-state index contributed by atoms with van der Waals surface area (Å²) in [6.07, 6.45) is 0. The minimum absolute atomic E-state index is 0.0227. The molecule has 1 aliphatic heterocycles. The lowest BCUT2D eigenvalue weighted by Crippen LogP contribution is -2.15. The summed E-state index contributed by atoms with van der Waals surface area (Å²) in [6, 6.07) is 34.2. The van der Waals surface area contributed by atoms with Crippen LogP contribution in [0, 0.1) is 20.8 Å². The maximum atomic E-state index is 6.41. The van der Waals surface area contributed by atoms with Crippen LogP contribution in [0.5, 0.6) is 0 Å². The minimum Gasteiger partial charge on any atom is -0.437 e. The fraction of sp³-hybridized carbons (Fsp3) is 0.118. The molecule has 0 fully saturated rings. The first-order valence-corrected chi connectivity index (χ1v) is 12.7. The van der Waals surface area contributed by atoms with Gasteiger partial charge >= 0.3 is 0 Å². The summed E-state index contributed by atoms with van der Waals surface area (Å²) < 4.78 is 6.41. The highest BCUT2D eigenvalue weighted by Gasteiger charge is 2.33. The van der Waals surface area contributed by atoms with E-state index in [2.05, 4.69) is 110 Å². The zero-order valence-corrected chi connectivity index (χ0v) is 21.1. The molecule has 1 atom stereocenters. The molecule has 3 heteroatoms. The predicted octanol–water partition coefficient (Wildman–Crippen LogP) is 8.84. The fourth-order valence-electron chi connectivity index (χ4n) is 5.88. The average molecular weight is 479 g/mol. The predicted molar refractivity (Wildman–Crippen MR) is 152 cm³/mol. The molecule has 6 aromatic rings. The summed E-state index contributed by atoms with van der Waals surface area (Å²) in [6.45, 7) is 6.44. The van der Waals surface area contributed by atoms with Crippen molar-refractivity contribution in [3.8, 4) is 11.1 Å². The van der Waals surface area contributed by atoms with Gasteiger partial charge in [0, 0.05) is 22.0 Å². The molecule has 178 valence electrons. The van der Waals surface area contributed by atoms with Gasteiger partial charge in [-0.25, -0.2) is 4.98 Å². The average Bonchev–Trinajstić information content (AvgIpc) is 3.47. The van der Waals surface area contributed by atoms with Crippen LogP contribution in [0.15, 0.2) is 106 Å². The van der Waals surface area contributed by atoms with Gasteiger partial charge in [0.1, 0.15) is 5.58 Å². The van der Waals surface area contributed by atoms with Gasteiger partial charge in [-0.05, 0) is 78.4 Å². The molecule has 4 aromatic carbocycles. The van der Waals surface area contributed by atoms with Crippen molar-refractivity contribution < 1.29 is 4.42 Å². The molecule has 0 spiro atoms. The lowest BCUT2D eigenvalue weighted by Gasteiger charge is -2.22. The smallest absolute Gasteiger partial charge is 0.227 e. The maximum Gasteiger partial charge on any atom is 0.227 e. The quantitative estimate of drug-likeness (QED) is 0.255. The van der Waals surface area contributed by atoms with Crippen LogP contribution in [0.4, 0.5) is 5.69 Å². The van der Waals surface area contributed by atoms with E-state index in [1.165, 1.54) is 33.4 Å². The van der Waals surface area contributed by atoms with Gasteiger partial charge < -0.3 is 4.42 Å². The minimum atomic E-state index is 0.0227. The Kier molecular flexibility index (Phi) is 4.87. The van der Waals surface area contributed by atoms with Crippen LogP contribution >= 0.6 is 0 Å². The summed E-state index contributed by atoms with van der Waals surface area (Å²) in [7, 11) is 0. The van der Waals surface area contributed by atoms with Crippen molar-refractivity contribution in [2.45, 2.75) is 26.7 Å². The first kappa shape index (κ1) is 21.8. The Morgan fingerprint density at radius 2 is 1.43 bits per heavy atom. The monoisotopic (exact) mass is 478 g/mol. The van der Waals surface area contributed by atoms with Crippen LogP contribution < -0.4 is 0 Å². The third-order valence-electron chi connectivity index (χ3n) is 7.53. The second kappa shape index (κ2) is 8.28. The van der Waals surface area contributed by atoms with Crippen LogP contribution in [0.3, 0.4) is 0 Å². The topological polar surface area (TPSA) is 38.4 Å². The lowest BCUT2D eigenvalue weighted by molar-refractivity contribution is 0.651. The van der Waals surface area contributed by atoms with Gasteiger partial charge in [0.15, 0.2) is 0 Å². The lowest BCUT2D eigenvalue weighted by atomic mass is 9.80. The summed E-state index contributed by atoms with van der Waals surface area (Å²) in [5.74, 6) is 0.0227. The van der Waals surface area contributed by atoms with Crippen molar-refractivity contribution in [3.63, 3.8) is 0 Å². The highest BCUT2D eigenvalue weighted by Crippen LogP contribution is 2.46. The normalized spacial score (nSPS) is 14.8. The van der Waals surface area contributed by atoms with Crippen LogP contribution in [0.1, 0.15) is 39.4 Å². The number of rotatable bonds is 3.